The van der Waals surface area contributed by atoms with E-state index in [2.05, 4.69) is 28.1 Å². The SMILES string of the molecule is C/C(=C/c1ccccc1Br)CCl. The number of halogens is 2. The van der Waals surface area contributed by atoms with Crippen molar-refractivity contribution >= 4 is 33.6 Å². The Morgan fingerprint density at radius 2 is 2.17 bits per heavy atom. The molecule has 0 amide bonds. The van der Waals surface area contributed by atoms with E-state index in [9.17, 15) is 0 Å². The summed E-state index contributed by atoms with van der Waals surface area (Å²) in [5.74, 6) is 0.585. The van der Waals surface area contributed by atoms with Crippen LogP contribution in [0, 0.1) is 0 Å². The maximum Gasteiger partial charge on any atom is 0.0434 e. The number of alkyl halides is 1. The molecule has 0 saturated carbocycles. The van der Waals surface area contributed by atoms with Crippen molar-refractivity contribution in [3.8, 4) is 0 Å². The number of allylic oxidation sites excluding steroid dienone is 1. The highest BCUT2D eigenvalue weighted by Crippen LogP contribution is 2.18. The maximum absolute atomic E-state index is 5.67. The average molecular weight is 246 g/mol. The molecule has 0 aliphatic rings. The van der Waals surface area contributed by atoms with E-state index in [1.165, 1.54) is 11.1 Å². The van der Waals surface area contributed by atoms with Gasteiger partial charge in [-0.15, -0.1) is 11.6 Å². The largest absolute Gasteiger partial charge is 0.122 e. The Kier molecular flexibility index (Phi) is 3.83. The van der Waals surface area contributed by atoms with Gasteiger partial charge in [-0.25, -0.2) is 0 Å². The van der Waals surface area contributed by atoms with E-state index in [1.54, 1.807) is 0 Å². The Hall–Kier alpha value is -0.270. The van der Waals surface area contributed by atoms with Crippen molar-refractivity contribution < 1.29 is 0 Å². The third kappa shape index (κ3) is 2.65. The van der Waals surface area contributed by atoms with Crippen LogP contribution in [0.1, 0.15) is 12.5 Å². The Morgan fingerprint density at radius 1 is 1.50 bits per heavy atom. The first kappa shape index (κ1) is 9.82. The second-order valence-corrected chi connectivity index (χ2v) is 3.77. The molecule has 2 heteroatoms. The van der Waals surface area contributed by atoms with Gasteiger partial charge in [0.1, 0.15) is 0 Å². The van der Waals surface area contributed by atoms with Crippen LogP contribution in [0.15, 0.2) is 34.3 Å². The monoisotopic (exact) mass is 244 g/mol. The molecule has 0 aliphatic carbocycles. The van der Waals surface area contributed by atoms with Crippen molar-refractivity contribution in [2.24, 2.45) is 0 Å². The molecule has 0 nitrogen and oxygen atoms in total. The fourth-order valence-corrected chi connectivity index (χ4v) is 1.37. The molecule has 0 saturated heterocycles. The zero-order valence-corrected chi connectivity index (χ0v) is 9.19. The summed E-state index contributed by atoms with van der Waals surface area (Å²) in [6.45, 7) is 2.02. The second kappa shape index (κ2) is 4.68. The van der Waals surface area contributed by atoms with Crippen LogP contribution in [-0.4, -0.2) is 5.88 Å². The van der Waals surface area contributed by atoms with Crippen LogP contribution in [0.25, 0.3) is 6.08 Å². The number of benzene rings is 1. The number of rotatable bonds is 2. The lowest BCUT2D eigenvalue weighted by atomic mass is 10.1. The Morgan fingerprint density at radius 3 is 2.75 bits per heavy atom. The first-order chi connectivity index (χ1) is 5.74. The van der Waals surface area contributed by atoms with Gasteiger partial charge in [0.25, 0.3) is 0 Å². The van der Waals surface area contributed by atoms with E-state index < -0.39 is 0 Å². The van der Waals surface area contributed by atoms with Gasteiger partial charge in [0, 0.05) is 10.4 Å². The minimum Gasteiger partial charge on any atom is -0.122 e. The summed E-state index contributed by atoms with van der Waals surface area (Å²) in [5, 5.41) is 0. The Labute approximate surface area is 86.4 Å². The predicted molar refractivity (Wildman–Crippen MR) is 58.5 cm³/mol. The molecule has 0 heterocycles. The molecule has 12 heavy (non-hydrogen) atoms. The van der Waals surface area contributed by atoms with E-state index in [4.69, 9.17) is 11.6 Å². The summed E-state index contributed by atoms with van der Waals surface area (Å²) in [6, 6.07) is 8.09. The van der Waals surface area contributed by atoms with Gasteiger partial charge in [-0.1, -0.05) is 45.8 Å². The summed E-state index contributed by atoms with van der Waals surface area (Å²) in [5.41, 5.74) is 2.35. The lowest BCUT2D eigenvalue weighted by Gasteiger charge is -1.98. The van der Waals surface area contributed by atoms with E-state index in [0.29, 0.717) is 5.88 Å². The van der Waals surface area contributed by atoms with Gasteiger partial charge >= 0.3 is 0 Å². The average Bonchev–Trinajstić information content (AvgIpc) is 2.09. The van der Waals surface area contributed by atoms with Crippen molar-refractivity contribution in [3.05, 3.63) is 39.9 Å². The third-order valence-electron chi connectivity index (χ3n) is 1.52. The molecule has 1 rings (SSSR count). The molecule has 0 unspecified atom stereocenters. The van der Waals surface area contributed by atoms with E-state index >= 15 is 0 Å². The lowest BCUT2D eigenvalue weighted by Crippen LogP contribution is -1.79. The molecule has 0 fully saturated rings. The molecule has 0 N–H and O–H groups in total. The van der Waals surface area contributed by atoms with Gasteiger partial charge in [-0.05, 0) is 18.6 Å². The standard InChI is InChI=1S/C10H10BrCl/c1-8(7-12)6-9-4-2-3-5-10(9)11/h2-6H,7H2,1H3/b8-6-. The fourth-order valence-electron chi connectivity index (χ4n) is 0.896. The maximum atomic E-state index is 5.67. The topological polar surface area (TPSA) is 0 Å². The smallest absolute Gasteiger partial charge is 0.0434 e. The first-order valence-corrected chi connectivity index (χ1v) is 5.04. The molecule has 64 valence electrons. The summed E-state index contributed by atoms with van der Waals surface area (Å²) in [7, 11) is 0. The molecule has 0 bridgehead atoms. The summed E-state index contributed by atoms with van der Waals surface area (Å²) >= 11 is 9.14. The van der Waals surface area contributed by atoms with Crippen LogP contribution in [-0.2, 0) is 0 Å². The predicted octanol–water partition coefficient (Wildman–Crippen LogP) is 4.09. The van der Waals surface area contributed by atoms with Crippen LogP contribution in [0.4, 0.5) is 0 Å². The van der Waals surface area contributed by atoms with Crippen molar-refractivity contribution in [1.29, 1.82) is 0 Å². The van der Waals surface area contributed by atoms with Crippen LogP contribution in [0.3, 0.4) is 0 Å². The van der Waals surface area contributed by atoms with Gasteiger partial charge in [-0.3, -0.25) is 0 Å². The van der Waals surface area contributed by atoms with Crippen molar-refractivity contribution in [2.45, 2.75) is 6.92 Å². The van der Waals surface area contributed by atoms with E-state index in [1.807, 2.05) is 25.1 Å². The fraction of sp³-hybridized carbons (Fsp3) is 0.200. The van der Waals surface area contributed by atoms with Gasteiger partial charge in [-0.2, -0.15) is 0 Å². The third-order valence-corrected chi connectivity index (χ3v) is 2.66. The van der Waals surface area contributed by atoms with Crippen LogP contribution < -0.4 is 0 Å². The van der Waals surface area contributed by atoms with E-state index in [-0.39, 0.29) is 0 Å². The minimum absolute atomic E-state index is 0.585. The molecule has 0 spiro atoms. The van der Waals surface area contributed by atoms with Crippen molar-refractivity contribution in [1.82, 2.24) is 0 Å². The van der Waals surface area contributed by atoms with Gasteiger partial charge in [0.05, 0.1) is 0 Å². The van der Waals surface area contributed by atoms with Crippen LogP contribution in [0.5, 0.6) is 0 Å². The Balaban J connectivity index is 2.96. The molecule has 0 aromatic heterocycles. The van der Waals surface area contributed by atoms with Crippen molar-refractivity contribution in [2.75, 3.05) is 5.88 Å². The zero-order chi connectivity index (χ0) is 8.97. The summed E-state index contributed by atoms with van der Waals surface area (Å²) < 4.78 is 1.11. The highest BCUT2D eigenvalue weighted by Gasteiger charge is 1.94. The van der Waals surface area contributed by atoms with E-state index in [0.717, 1.165) is 4.47 Å². The van der Waals surface area contributed by atoms with Crippen LogP contribution >= 0.6 is 27.5 Å². The molecule has 0 aliphatic heterocycles. The molecule has 0 radical (unpaired) electrons. The summed E-state index contributed by atoms with van der Waals surface area (Å²) in [4.78, 5) is 0. The van der Waals surface area contributed by atoms with Gasteiger partial charge in [0.15, 0.2) is 0 Å². The number of hydrogen-bond donors (Lipinski definition) is 0. The minimum atomic E-state index is 0.585. The van der Waals surface area contributed by atoms with Gasteiger partial charge in [0.2, 0.25) is 0 Å². The quantitative estimate of drug-likeness (QED) is 0.689. The summed E-state index contributed by atoms with van der Waals surface area (Å²) in [6.07, 6.45) is 2.08. The second-order valence-electron chi connectivity index (χ2n) is 2.65. The van der Waals surface area contributed by atoms with Crippen molar-refractivity contribution in [3.63, 3.8) is 0 Å². The zero-order valence-electron chi connectivity index (χ0n) is 6.85. The molecule has 1 aromatic carbocycles. The highest BCUT2D eigenvalue weighted by atomic mass is 79.9. The molecular formula is C10H10BrCl. The molecule has 0 atom stereocenters. The molecule has 1 aromatic rings. The normalized spacial score (nSPS) is 11.8. The lowest BCUT2D eigenvalue weighted by molar-refractivity contribution is 1.42. The van der Waals surface area contributed by atoms with Gasteiger partial charge < -0.3 is 0 Å². The Bertz CT molecular complexity index is 292. The molecular weight excluding hydrogens is 235 g/mol. The number of hydrogen-bond acceptors (Lipinski definition) is 0. The highest BCUT2D eigenvalue weighted by molar-refractivity contribution is 9.10. The van der Waals surface area contributed by atoms with Crippen LogP contribution in [0.2, 0.25) is 0 Å². The first-order valence-electron chi connectivity index (χ1n) is 3.71.